The second-order valence-corrected chi connectivity index (χ2v) is 7.15. The third-order valence-corrected chi connectivity index (χ3v) is 6.31. The van der Waals surface area contributed by atoms with Crippen LogP contribution in [0.4, 0.5) is 5.13 Å². The molecule has 1 aromatic rings. The quantitative estimate of drug-likeness (QED) is 0.920. The first-order valence-electron chi connectivity index (χ1n) is 7.60. The molecule has 1 aliphatic heterocycles. The maximum absolute atomic E-state index is 10.0. The van der Waals surface area contributed by atoms with Crippen molar-refractivity contribution < 1.29 is 5.11 Å². The Labute approximate surface area is 119 Å². The molecule has 3 nitrogen and oxygen atoms in total. The van der Waals surface area contributed by atoms with Gasteiger partial charge in [0.2, 0.25) is 0 Å². The lowest BCUT2D eigenvalue weighted by atomic mass is 9.82. The number of aryl methyl sites for hydroxylation is 1. The zero-order valence-electron chi connectivity index (χ0n) is 12.0. The Balaban J connectivity index is 1.81. The first kappa shape index (κ1) is 13.4. The number of aliphatic hydroxyl groups excluding tert-OH is 1. The SMILES string of the molecule is CCC1(CC)CCN(c2nc3c(s2)CCCC3O)C1. The molecular formula is C15H24N2OS. The fourth-order valence-electron chi connectivity index (χ4n) is 3.44. The molecule has 1 fully saturated rings. The van der Waals surface area contributed by atoms with Crippen LogP contribution in [0.1, 0.15) is 62.6 Å². The zero-order valence-corrected chi connectivity index (χ0v) is 12.8. The first-order chi connectivity index (χ1) is 9.17. The van der Waals surface area contributed by atoms with Gasteiger partial charge in [-0.25, -0.2) is 4.98 Å². The molecule has 2 aliphatic rings. The van der Waals surface area contributed by atoms with Gasteiger partial charge in [0.15, 0.2) is 5.13 Å². The minimum Gasteiger partial charge on any atom is -0.387 e. The van der Waals surface area contributed by atoms with E-state index in [4.69, 9.17) is 4.98 Å². The molecule has 2 heterocycles. The van der Waals surface area contributed by atoms with Gasteiger partial charge in [0.05, 0.1) is 11.8 Å². The van der Waals surface area contributed by atoms with Crippen molar-refractivity contribution in [1.82, 2.24) is 4.98 Å². The molecule has 0 saturated carbocycles. The van der Waals surface area contributed by atoms with Gasteiger partial charge < -0.3 is 10.0 Å². The van der Waals surface area contributed by atoms with E-state index in [1.807, 2.05) is 11.3 Å². The Morgan fingerprint density at radius 3 is 2.84 bits per heavy atom. The van der Waals surface area contributed by atoms with Crippen LogP contribution in [-0.4, -0.2) is 23.2 Å². The van der Waals surface area contributed by atoms with Gasteiger partial charge in [-0.1, -0.05) is 13.8 Å². The van der Waals surface area contributed by atoms with Crippen molar-refractivity contribution in [1.29, 1.82) is 0 Å². The summed E-state index contributed by atoms with van der Waals surface area (Å²) in [5, 5.41) is 11.2. The van der Waals surface area contributed by atoms with Gasteiger partial charge in [0.1, 0.15) is 0 Å². The van der Waals surface area contributed by atoms with Gasteiger partial charge in [-0.2, -0.15) is 0 Å². The van der Waals surface area contributed by atoms with Crippen LogP contribution in [0.5, 0.6) is 0 Å². The minimum absolute atomic E-state index is 0.321. The summed E-state index contributed by atoms with van der Waals surface area (Å²) >= 11 is 1.81. The highest BCUT2D eigenvalue weighted by molar-refractivity contribution is 7.15. The lowest BCUT2D eigenvalue weighted by Gasteiger charge is -2.26. The molecular weight excluding hydrogens is 256 g/mol. The Morgan fingerprint density at radius 2 is 2.21 bits per heavy atom. The summed E-state index contributed by atoms with van der Waals surface area (Å²) in [5.74, 6) is 0. The molecule has 1 aromatic heterocycles. The number of hydrogen-bond donors (Lipinski definition) is 1. The normalized spacial score (nSPS) is 25.6. The smallest absolute Gasteiger partial charge is 0.185 e. The topological polar surface area (TPSA) is 36.4 Å². The minimum atomic E-state index is -0.321. The second-order valence-electron chi connectivity index (χ2n) is 6.09. The summed E-state index contributed by atoms with van der Waals surface area (Å²) in [5.41, 5.74) is 1.46. The number of nitrogens with zero attached hydrogens (tertiary/aromatic N) is 2. The summed E-state index contributed by atoms with van der Waals surface area (Å²) in [6.07, 6.45) is 6.56. The number of hydrogen-bond acceptors (Lipinski definition) is 4. The van der Waals surface area contributed by atoms with Crippen LogP contribution in [0, 0.1) is 5.41 Å². The molecule has 1 N–H and O–H groups in total. The van der Waals surface area contributed by atoms with E-state index in [1.54, 1.807) is 0 Å². The number of fused-ring (bicyclic) bond motifs is 1. The van der Waals surface area contributed by atoms with Crippen LogP contribution < -0.4 is 4.90 Å². The van der Waals surface area contributed by atoms with Gasteiger partial charge in [-0.15, -0.1) is 11.3 Å². The van der Waals surface area contributed by atoms with Gasteiger partial charge in [0, 0.05) is 18.0 Å². The van der Waals surface area contributed by atoms with E-state index in [-0.39, 0.29) is 6.10 Å². The van der Waals surface area contributed by atoms with Crippen LogP contribution in [0.2, 0.25) is 0 Å². The number of aliphatic hydroxyl groups is 1. The number of anilines is 1. The third kappa shape index (κ3) is 2.29. The predicted octanol–water partition coefficient (Wildman–Crippen LogP) is 3.53. The van der Waals surface area contributed by atoms with Gasteiger partial charge >= 0.3 is 0 Å². The highest BCUT2D eigenvalue weighted by Gasteiger charge is 2.36. The molecule has 1 unspecified atom stereocenters. The Kier molecular flexibility index (Phi) is 3.56. The van der Waals surface area contributed by atoms with Crippen LogP contribution in [0.25, 0.3) is 0 Å². The molecule has 4 heteroatoms. The molecule has 0 spiro atoms. The van der Waals surface area contributed by atoms with Crippen molar-refractivity contribution in [2.45, 2.75) is 58.5 Å². The monoisotopic (exact) mass is 280 g/mol. The summed E-state index contributed by atoms with van der Waals surface area (Å²) in [6.45, 7) is 6.89. The zero-order chi connectivity index (χ0) is 13.5. The molecule has 19 heavy (non-hydrogen) atoms. The second kappa shape index (κ2) is 5.06. The highest BCUT2D eigenvalue weighted by atomic mass is 32.1. The van der Waals surface area contributed by atoms with Gasteiger partial charge in [-0.3, -0.25) is 0 Å². The van der Waals surface area contributed by atoms with Crippen LogP contribution in [0.3, 0.4) is 0 Å². The number of rotatable bonds is 3. The molecule has 3 rings (SSSR count). The highest BCUT2D eigenvalue weighted by Crippen LogP contribution is 2.42. The number of aromatic nitrogens is 1. The fourth-order valence-corrected chi connectivity index (χ4v) is 4.63. The average Bonchev–Trinajstić information content (AvgIpc) is 3.04. The van der Waals surface area contributed by atoms with E-state index >= 15 is 0 Å². The van der Waals surface area contributed by atoms with E-state index < -0.39 is 0 Å². The first-order valence-corrected chi connectivity index (χ1v) is 8.42. The van der Waals surface area contributed by atoms with Crippen molar-refractivity contribution in [2.75, 3.05) is 18.0 Å². The molecule has 0 bridgehead atoms. The summed E-state index contributed by atoms with van der Waals surface area (Å²) in [4.78, 5) is 8.51. The molecule has 0 amide bonds. The maximum Gasteiger partial charge on any atom is 0.185 e. The van der Waals surface area contributed by atoms with Gasteiger partial charge in [-0.05, 0) is 43.9 Å². The predicted molar refractivity (Wildman–Crippen MR) is 79.9 cm³/mol. The molecule has 1 aliphatic carbocycles. The lowest BCUT2D eigenvalue weighted by molar-refractivity contribution is 0.153. The van der Waals surface area contributed by atoms with E-state index in [0.717, 1.165) is 43.2 Å². The Bertz CT molecular complexity index is 453. The maximum atomic E-state index is 10.0. The van der Waals surface area contributed by atoms with Crippen LogP contribution >= 0.6 is 11.3 Å². The summed E-state index contributed by atoms with van der Waals surface area (Å²) in [6, 6.07) is 0. The summed E-state index contributed by atoms with van der Waals surface area (Å²) in [7, 11) is 0. The summed E-state index contributed by atoms with van der Waals surface area (Å²) < 4.78 is 0. The van der Waals surface area contributed by atoms with E-state index in [1.165, 1.54) is 24.1 Å². The average molecular weight is 280 g/mol. The largest absolute Gasteiger partial charge is 0.387 e. The third-order valence-electron chi connectivity index (χ3n) is 5.12. The molecule has 106 valence electrons. The van der Waals surface area contributed by atoms with Crippen LogP contribution in [0.15, 0.2) is 0 Å². The molecule has 0 radical (unpaired) electrons. The van der Waals surface area contributed by atoms with Crippen molar-refractivity contribution in [2.24, 2.45) is 5.41 Å². The van der Waals surface area contributed by atoms with E-state index in [0.29, 0.717) is 5.41 Å². The molecule has 1 atom stereocenters. The van der Waals surface area contributed by atoms with E-state index in [9.17, 15) is 5.11 Å². The van der Waals surface area contributed by atoms with Crippen LogP contribution in [-0.2, 0) is 6.42 Å². The molecule has 0 aromatic carbocycles. The fraction of sp³-hybridized carbons (Fsp3) is 0.800. The Hall–Kier alpha value is -0.610. The lowest BCUT2D eigenvalue weighted by Crippen LogP contribution is -2.26. The van der Waals surface area contributed by atoms with Crippen molar-refractivity contribution in [3.63, 3.8) is 0 Å². The van der Waals surface area contributed by atoms with Gasteiger partial charge in [0.25, 0.3) is 0 Å². The van der Waals surface area contributed by atoms with Crippen molar-refractivity contribution in [3.8, 4) is 0 Å². The number of thiazole rings is 1. The molecule has 1 saturated heterocycles. The van der Waals surface area contributed by atoms with Crippen molar-refractivity contribution in [3.05, 3.63) is 10.6 Å². The standard InChI is InChI=1S/C15H24N2OS/c1-3-15(4-2)8-9-17(10-15)14-16-13-11(18)6-5-7-12(13)19-14/h11,18H,3-10H2,1-2H3. The Morgan fingerprint density at radius 1 is 1.42 bits per heavy atom. The van der Waals surface area contributed by atoms with E-state index in [2.05, 4.69) is 18.7 Å². The van der Waals surface area contributed by atoms with Crippen molar-refractivity contribution >= 4 is 16.5 Å².